The van der Waals surface area contributed by atoms with Crippen LogP contribution >= 0.6 is 11.6 Å². The molecule has 0 aliphatic heterocycles. The summed E-state index contributed by atoms with van der Waals surface area (Å²) in [6, 6.07) is 11.9. The summed E-state index contributed by atoms with van der Waals surface area (Å²) in [5.74, 6) is -0.296. The number of hydrogen-bond donors (Lipinski definition) is 1. The molecule has 104 valence electrons. The van der Waals surface area contributed by atoms with Crippen LogP contribution in [-0.4, -0.2) is 5.71 Å². The number of nitrogens with zero attached hydrogens (tertiary/aromatic N) is 2. The Morgan fingerprint density at radius 3 is 2.48 bits per heavy atom. The molecule has 2 atom stereocenters. The van der Waals surface area contributed by atoms with Crippen LogP contribution in [0.25, 0.3) is 0 Å². The standard InChI is InChI=1S/C17H14ClN3/c18-16-4-2-1-3-11(16)13-7-12(10-5-6-10)14(8-19)17(21)15(13)9-20/h1-4,10,13,15,21H,5-7H2/t13-,15?/m1/s1. The quantitative estimate of drug-likeness (QED) is 0.887. The minimum Gasteiger partial charge on any atom is -0.303 e. The van der Waals surface area contributed by atoms with Gasteiger partial charge in [0.15, 0.2) is 0 Å². The van der Waals surface area contributed by atoms with Crippen LogP contribution in [0.5, 0.6) is 0 Å². The molecule has 21 heavy (non-hydrogen) atoms. The Labute approximate surface area is 129 Å². The molecular formula is C17H14ClN3. The summed E-state index contributed by atoms with van der Waals surface area (Å²) in [5.41, 5.74) is 2.56. The minimum absolute atomic E-state index is 0.121. The van der Waals surface area contributed by atoms with Gasteiger partial charge in [0.05, 0.1) is 23.3 Å². The van der Waals surface area contributed by atoms with E-state index in [1.54, 1.807) is 0 Å². The van der Waals surface area contributed by atoms with Gasteiger partial charge in [-0.25, -0.2) is 0 Å². The van der Waals surface area contributed by atoms with Crippen molar-refractivity contribution in [2.75, 3.05) is 0 Å². The summed E-state index contributed by atoms with van der Waals surface area (Å²) in [6.07, 6.45) is 2.83. The van der Waals surface area contributed by atoms with E-state index in [2.05, 4.69) is 12.1 Å². The molecule has 3 nitrogen and oxygen atoms in total. The van der Waals surface area contributed by atoms with Crippen LogP contribution in [0.2, 0.25) is 5.02 Å². The first-order valence-corrected chi connectivity index (χ1v) is 7.41. The van der Waals surface area contributed by atoms with Crippen molar-refractivity contribution < 1.29 is 0 Å². The van der Waals surface area contributed by atoms with E-state index >= 15 is 0 Å². The van der Waals surface area contributed by atoms with Gasteiger partial charge in [0.25, 0.3) is 0 Å². The van der Waals surface area contributed by atoms with Crippen molar-refractivity contribution in [1.29, 1.82) is 15.9 Å². The highest BCUT2D eigenvalue weighted by Gasteiger charge is 2.41. The van der Waals surface area contributed by atoms with Crippen LogP contribution in [0, 0.1) is 39.9 Å². The smallest absolute Gasteiger partial charge is 0.101 e. The topological polar surface area (TPSA) is 71.4 Å². The maximum atomic E-state index is 9.47. The van der Waals surface area contributed by atoms with Crippen molar-refractivity contribution in [3.63, 3.8) is 0 Å². The summed E-state index contributed by atoms with van der Waals surface area (Å²) in [5, 5.41) is 27.7. The molecule has 1 unspecified atom stereocenters. The monoisotopic (exact) mass is 295 g/mol. The predicted octanol–water partition coefficient (Wildman–Crippen LogP) is 4.22. The molecule has 0 amide bonds. The normalized spacial score (nSPS) is 25.4. The predicted molar refractivity (Wildman–Crippen MR) is 81.0 cm³/mol. The van der Waals surface area contributed by atoms with Gasteiger partial charge in [-0.15, -0.1) is 0 Å². The second-order valence-electron chi connectivity index (χ2n) is 5.64. The molecule has 4 heteroatoms. The number of rotatable bonds is 2. The second-order valence-corrected chi connectivity index (χ2v) is 6.05. The van der Waals surface area contributed by atoms with Gasteiger partial charge in [-0.05, 0) is 42.4 Å². The van der Waals surface area contributed by atoms with E-state index in [0.717, 1.165) is 24.0 Å². The van der Waals surface area contributed by atoms with Gasteiger partial charge in [0, 0.05) is 10.9 Å². The van der Waals surface area contributed by atoms with E-state index in [1.807, 2.05) is 24.3 Å². The molecule has 1 N–H and O–H groups in total. The zero-order valence-corrected chi connectivity index (χ0v) is 12.2. The Kier molecular flexibility index (Phi) is 3.53. The average molecular weight is 296 g/mol. The van der Waals surface area contributed by atoms with E-state index < -0.39 is 5.92 Å². The zero-order chi connectivity index (χ0) is 15.0. The first kappa shape index (κ1) is 13.9. The number of benzene rings is 1. The Balaban J connectivity index is 2.09. The van der Waals surface area contributed by atoms with Gasteiger partial charge in [-0.3, -0.25) is 0 Å². The molecule has 0 spiro atoms. The highest BCUT2D eigenvalue weighted by Crippen LogP contribution is 2.48. The second kappa shape index (κ2) is 5.35. The van der Waals surface area contributed by atoms with Crippen LogP contribution in [-0.2, 0) is 0 Å². The number of halogens is 1. The summed E-state index contributed by atoms with van der Waals surface area (Å²) in [6.45, 7) is 0. The number of hydrogen-bond acceptors (Lipinski definition) is 3. The van der Waals surface area contributed by atoms with Crippen molar-refractivity contribution >= 4 is 17.3 Å². The van der Waals surface area contributed by atoms with Gasteiger partial charge in [-0.2, -0.15) is 10.5 Å². The first-order valence-electron chi connectivity index (χ1n) is 7.03. The van der Waals surface area contributed by atoms with Gasteiger partial charge >= 0.3 is 0 Å². The van der Waals surface area contributed by atoms with Gasteiger partial charge in [-0.1, -0.05) is 29.8 Å². The van der Waals surface area contributed by atoms with Crippen LogP contribution < -0.4 is 0 Å². The van der Waals surface area contributed by atoms with Crippen LogP contribution in [0.15, 0.2) is 35.4 Å². The van der Waals surface area contributed by atoms with Crippen molar-refractivity contribution in [3.8, 4) is 12.1 Å². The summed E-state index contributed by atoms with van der Waals surface area (Å²) < 4.78 is 0. The van der Waals surface area contributed by atoms with Gasteiger partial charge in [0.2, 0.25) is 0 Å². The lowest BCUT2D eigenvalue weighted by atomic mass is 9.71. The molecule has 2 aliphatic carbocycles. The Bertz CT molecular complexity index is 716. The maximum Gasteiger partial charge on any atom is 0.101 e. The fraction of sp³-hybridized carbons (Fsp3) is 0.353. The molecule has 0 saturated heterocycles. The fourth-order valence-electron chi connectivity index (χ4n) is 3.14. The van der Waals surface area contributed by atoms with E-state index in [1.165, 1.54) is 0 Å². The van der Waals surface area contributed by atoms with Crippen molar-refractivity contribution in [1.82, 2.24) is 0 Å². The number of nitrogens with one attached hydrogen (secondary N) is 1. The van der Waals surface area contributed by atoms with E-state index in [9.17, 15) is 10.5 Å². The van der Waals surface area contributed by atoms with Crippen LogP contribution in [0.4, 0.5) is 0 Å². The molecule has 1 aromatic carbocycles. The molecule has 0 heterocycles. The summed E-state index contributed by atoms with van der Waals surface area (Å²) >= 11 is 6.28. The average Bonchev–Trinajstić information content (AvgIpc) is 3.31. The molecule has 3 rings (SSSR count). The lowest BCUT2D eigenvalue weighted by molar-refractivity contribution is 0.584. The molecule has 0 bridgehead atoms. The molecule has 1 fully saturated rings. The van der Waals surface area contributed by atoms with E-state index in [0.29, 0.717) is 22.9 Å². The van der Waals surface area contributed by atoms with Crippen molar-refractivity contribution in [2.45, 2.75) is 25.2 Å². The molecule has 1 saturated carbocycles. The molecule has 2 aliphatic rings. The lowest BCUT2D eigenvalue weighted by Crippen LogP contribution is -2.28. The summed E-state index contributed by atoms with van der Waals surface area (Å²) in [7, 11) is 0. The first-order chi connectivity index (χ1) is 10.2. The third kappa shape index (κ3) is 2.35. The van der Waals surface area contributed by atoms with Crippen LogP contribution in [0.1, 0.15) is 30.7 Å². The van der Waals surface area contributed by atoms with Crippen LogP contribution in [0.3, 0.4) is 0 Å². The largest absolute Gasteiger partial charge is 0.303 e. The third-order valence-corrected chi connectivity index (χ3v) is 4.71. The summed E-state index contributed by atoms with van der Waals surface area (Å²) in [4.78, 5) is 0. The lowest BCUT2D eigenvalue weighted by Gasteiger charge is -2.30. The highest BCUT2D eigenvalue weighted by molar-refractivity contribution is 6.31. The third-order valence-electron chi connectivity index (χ3n) is 4.37. The highest BCUT2D eigenvalue weighted by atomic mass is 35.5. The molecule has 1 aromatic rings. The van der Waals surface area contributed by atoms with E-state index in [4.69, 9.17) is 17.0 Å². The zero-order valence-electron chi connectivity index (χ0n) is 11.4. The molecule has 0 radical (unpaired) electrons. The van der Waals surface area contributed by atoms with Gasteiger partial charge in [0.1, 0.15) is 6.07 Å². The molecule has 0 aromatic heterocycles. The van der Waals surface area contributed by atoms with Crippen molar-refractivity contribution in [3.05, 3.63) is 46.0 Å². The van der Waals surface area contributed by atoms with E-state index in [-0.39, 0.29) is 11.6 Å². The Hall–Kier alpha value is -2.10. The number of allylic oxidation sites excluding steroid dienone is 2. The molecular weight excluding hydrogens is 282 g/mol. The minimum atomic E-state index is -0.595. The SMILES string of the molecule is N#CC1=C(C2CC2)C[C@H](c2ccccc2Cl)C(C#N)C1=N. The van der Waals surface area contributed by atoms with Crippen molar-refractivity contribution in [2.24, 2.45) is 11.8 Å². The van der Waals surface area contributed by atoms with Gasteiger partial charge < -0.3 is 5.41 Å². The maximum absolute atomic E-state index is 9.47. The number of nitriles is 2. The Morgan fingerprint density at radius 2 is 1.90 bits per heavy atom. The fourth-order valence-corrected chi connectivity index (χ4v) is 3.42. The Morgan fingerprint density at radius 1 is 1.19 bits per heavy atom.